The average Bonchev–Trinajstić information content (AvgIpc) is 3.28. The maximum Gasteiger partial charge on any atom is 0.322 e. The molecule has 5 amide bonds. The van der Waals surface area contributed by atoms with Gasteiger partial charge in [0.2, 0.25) is 23.6 Å². The summed E-state index contributed by atoms with van der Waals surface area (Å²) in [6.45, 7) is 11.3. The lowest BCUT2D eigenvalue weighted by molar-refractivity contribution is -0.141. The van der Waals surface area contributed by atoms with E-state index in [-0.39, 0.29) is 69.2 Å². The third-order valence-corrected chi connectivity index (χ3v) is 11.0. The zero-order chi connectivity index (χ0) is 49.0. The molecule has 0 radical (unpaired) electrons. The molecular weight excluding hydrogens is 859 g/mol. The summed E-state index contributed by atoms with van der Waals surface area (Å²) >= 11 is 0. The summed E-state index contributed by atoms with van der Waals surface area (Å²) in [5.41, 5.74) is 21.3. The molecule has 19 nitrogen and oxygen atoms in total. The van der Waals surface area contributed by atoms with Crippen LogP contribution in [0.25, 0.3) is 11.1 Å². The molecule has 2 heterocycles. The van der Waals surface area contributed by atoms with Crippen LogP contribution in [0.3, 0.4) is 0 Å². The Labute approximate surface area is 390 Å². The van der Waals surface area contributed by atoms with Crippen molar-refractivity contribution >= 4 is 29.5 Å². The van der Waals surface area contributed by atoms with Crippen LogP contribution in [0.2, 0.25) is 0 Å². The number of carbonyl (C=O) groups is 5. The molecule has 19 heteroatoms. The highest BCUT2D eigenvalue weighted by molar-refractivity contribution is 6.00. The van der Waals surface area contributed by atoms with E-state index in [1.807, 2.05) is 30.3 Å². The molecule has 1 aliphatic heterocycles. The molecular formula is C48H61N11O8. The summed E-state index contributed by atoms with van der Waals surface area (Å²) in [6, 6.07) is 14.5. The van der Waals surface area contributed by atoms with Crippen LogP contribution in [0.15, 0.2) is 60.7 Å². The minimum absolute atomic E-state index is 0.00400. The monoisotopic (exact) mass is 919 g/mol. The topological polar surface area (TPSA) is 292 Å². The number of ether oxygens (including phenoxy) is 3. The SMILES string of the molecule is Cc1nc(Oc2ccc(C(C)(C)C)cc2)nc(C)c1C(=O)N[C@@H](CCN)C(=O)N(C)[C@@H]1C(=O)N[C@@H](C)C(=O)N[C@H](C(=O)NCC#N)Cc2ccc(OCCN)c(c2)-c2cc1ccc2OCCN. The highest BCUT2D eigenvalue weighted by atomic mass is 16.5. The first-order valence-corrected chi connectivity index (χ1v) is 22.0. The van der Waals surface area contributed by atoms with Crippen LogP contribution in [0.4, 0.5) is 0 Å². The molecule has 3 aromatic carbocycles. The summed E-state index contributed by atoms with van der Waals surface area (Å²) < 4.78 is 18.1. The maximum absolute atomic E-state index is 14.7. The number of aromatic nitrogens is 2. The molecule has 0 spiro atoms. The van der Waals surface area contributed by atoms with Gasteiger partial charge < -0.3 is 57.6 Å². The van der Waals surface area contributed by atoms with Gasteiger partial charge in [0.1, 0.15) is 61.2 Å². The van der Waals surface area contributed by atoms with E-state index in [1.54, 1.807) is 50.2 Å². The molecule has 5 rings (SSSR count). The number of aryl methyl sites for hydroxylation is 2. The lowest BCUT2D eigenvalue weighted by Crippen LogP contribution is -2.56. The molecule has 0 aliphatic carbocycles. The van der Waals surface area contributed by atoms with Crippen LogP contribution >= 0.6 is 0 Å². The third kappa shape index (κ3) is 12.8. The highest BCUT2D eigenvalue weighted by Crippen LogP contribution is 2.40. The Morgan fingerprint density at radius 1 is 0.881 bits per heavy atom. The Morgan fingerprint density at radius 2 is 1.49 bits per heavy atom. The number of rotatable bonds is 16. The summed E-state index contributed by atoms with van der Waals surface area (Å²) in [7, 11) is 1.40. The molecule has 10 N–H and O–H groups in total. The lowest BCUT2D eigenvalue weighted by atomic mass is 9.87. The first kappa shape index (κ1) is 50.9. The van der Waals surface area contributed by atoms with Gasteiger partial charge in [0.05, 0.1) is 23.0 Å². The first-order valence-electron chi connectivity index (χ1n) is 22.0. The van der Waals surface area contributed by atoms with E-state index in [4.69, 9.17) is 36.7 Å². The van der Waals surface area contributed by atoms with E-state index in [0.29, 0.717) is 50.9 Å². The summed E-state index contributed by atoms with van der Waals surface area (Å²) in [6.07, 6.45) is -0.0241. The van der Waals surface area contributed by atoms with Crippen LogP contribution in [0.1, 0.15) is 78.6 Å². The predicted molar refractivity (Wildman–Crippen MR) is 250 cm³/mol. The number of amides is 5. The molecule has 67 heavy (non-hydrogen) atoms. The summed E-state index contributed by atoms with van der Waals surface area (Å²) in [5, 5.41) is 19.9. The van der Waals surface area contributed by atoms with E-state index in [1.165, 1.54) is 18.9 Å². The van der Waals surface area contributed by atoms with Crippen molar-refractivity contribution in [2.45, 2.75) is 84.0 Å². The Kier molecular flexibility index (Phi) is 17.3. The fourth-order valence-corrected chi connectivity index (χ4v) is 7.55. The first-order chi connectivity index (χ1) is 31.9. The molecule has 1 aromatic heterocycles. The van der Waals surface area contributed by atoms with Crippen LogP contribution in [0.5, 0.6) is 23.3 Å². The molecule has 4 atom stereocenters. The Balaban J connectivity index is 1.54. The van der Waals surface area contributed by atoms with Gasteiger partial charge in [-0.2, -0.15) is 15.2 Å². The standard InChI is InChI=1S/C48H61N11O8/c1-27-40(28(2)56-47(55-27)67-33-12-10-32(11-13-33)48(4,5)6)44(62)57-36(16-17-49)46(64)59(7)41-31-9-15-39(66-23-20-52)35(26-31)34-24-30(8-14-38(34)65-22-19-51)25-37(43(61)53-21-18-50)58-42(60)29(3)54-45(41)63/h8-15,24,26,29,36-37,41H,16-17,19-23,25,49,51-52H2,1-7H3,(H,53,61)(H,54,63)(H,57,62)(H,58,60)/t29-,36-,37-,41-/m0/s1. The number of nitrogens with one attached hydrogen (secondary N) is 4. The second-order valence-electron chi connectivity index (χ2n) is 17.1. The van der Waals surface area contributed by atoms with Crippen LogP contribution in [-0.2, 0) is 31.0 Å². The van der Waals surface area contributed by atoms with Gasteiger partial charge in [-0.25, -0.2) is 0 Å². The number of likely N-dealkylation sites (N-methyl/N-ethyl adjacent to an activating group) is 1. The molecule has 4 aromatic rings. The number of hydrogen-bond donors (Lipinski definition) is 7. The molecule has 0 fully saturated rings. The van der Waals surface area contributed by atoms with Crippen molar-refractivity contribution in [3.05, 3.63) is 94.3 Å². The Hall–Kier alpha value is -7.14. The number of benzene rings is 3. The van der Waals surface area contributed by atoms with E-state index >= 15 is 0 Å². The molecule has 4 bridgehead atoms. The van der Waals surface area contributed by atoms with Crippen molar-refractivity contribution in [3.63, 3.8) is 0 Å². The number of hydrogen-bond acceptors (Lipinski definition) is 14. The van der Waals surface area contributed by atoms with Crippen LogP contribution in [0, 0.1) is 25.2 Å². The number of fused-ring (bicyclic) bond motifs is 5. The van der Waals surface area contributed by atoms with Gasteiger partial charge >= 0.3 is 6.01 Å². The van der Waals surface area contributed by atoms with Crippen molar-refractivity contribution in [1.82, 2.24) is 36.1 Å². The van der Waals surface area contributed by atoms with Crippen molar-refractivity contribution in [2.24, 2.45) is 17.2 Å². The van der Waals surface area contributed by atoms with Crippen molar-refractivity contribution in [1.29, 1.82) is 5.26 Å². The summed E-state index contributed by atoms with van der Waals surface area (Å²) in [4.78, 5) is 80.5. The molecule has 0 saturated carbocycles. The molecule has 0 saturated heterocycles. The van der Waals surface area contributed by atoms with Crippen molar-refractivity contribution < 1.29 is 38.2 Å². The van der Waals surface area contributed by atoms with Crippen LogP contribution < -0.4 is 52.7 Å². The van der Waals surface area contributed by atoms with E-state index in [2.05, 4.69) is 52.0 Å². The fraction of sp³-hybridized carbons (Fsp3) is 0.417. The Morgan fingerprint density at radius 3 is 2.07 bits per heavy atom. The molecule has 1 aliphatic rings. The molecule has 0 unspecified atom stereocenters. The van der Waals surface area contributed by atoms with E-state index < -0.39 is 53.7 Å². The summed E-state index contributed by atoms with van der Waals surface area (Å²) in [5.74, 6) is -2.17. The highest BCUT2D eigenvalue weighted by Gasteiger charge is 2.36. The quantitative estimate of drug-likeness (QED) is 0.0795. The number of nitriles is 1. The number of nitrogens with two attached hydrogens (primary N) is 3. The number of nitrogens with zero attached hydrogens (tertiary/aromatic N) is 4. The van der Waals surface area contributed by atoms with Gasteiger partial charge in [0.25, 0.3) is 5.91 Å². The van der Waals surface area contributed by atoms with E-state index in [9.17, 15) is 24.0 Å². The van der Waals surface area contributed by atoms with Crippen LogP contribution in [-0.4, -0.2) is 109 Å². The van der Waals surface area contributed by atoms with Gasteiger partial charge in [-0.15, -0.1) is 0 Å². The van der Waals surface area contributed by atoms with Gasteiger partial charge in [-0.05, 0) is 92.2 Å². The van der Waals surface area contributed by atoms with Crippen molar-refractivity contribution in [3.8, 4) is 40.5 Å². The van der Waals surface area contributed by atoms with Gasteiger partial charge in [-0.3, -0.25) is 24.0 Å². The van der Waals surface area contributed by atoms with Gasteiger partial charge in [0, 0.05) is 37.7 Å². The maximum atomic E-state index is 14.7. The zero-order valence-corrected chi connectivity index (χ0v) is 39.0. The van der Waals surface area contributed by atoms with Crippen molar-refractivity contribution in [2.75, 3.05) is 46.4 Å². The van der Waals surface area contributed by atoms with Gasteiger partial charge in [-0.1, -0.05) is 45.0 Å². The predicted octanol–water partition coefficient (Wildman–Crippen LogP) is 2.36. The average molecular weight is 920 g/mol. The molecule has 356 valence electrons. The zero-order valence-electron chi connectivity index (χ0n) is 39.0. The minimum Gasteiger partial charge on any atom is -0.492 e. The second-order valence-corrected chi connectivity index (χ2v) is 17.1. The largest absolute Gasteiger partial charge is 0.492 e. The fourth-order valence-electron chi connectivity index (χ4n) is 7.55. The smallest absolute Gasteiger partial charge is 0.322 e. The second kappa shape index (κ2) is 22.9. The lowest BCUT2D eigenvalue weighted by Gasteiger charge is -2.32. The Bertz CT molecular complexity index is 2460. The normalized spacial score (nSPS) is 16.5. The third-order valence-electron chi connectivity index (χ3n) is 11.0. The number of carbonyl (C=O) groups excluding carboxylic acids is 5. The van der Waals surface area contributed by atoms with E-state index in [0.717, 1.165) is 5.56 Å². The minimum atomic E-state index is -1.42. The van der Waals surface area contributed by atoms with Gasteiger partial charge in [0.15, 0.2) is 0 Å².